The Morgan fingerprint density at radius 1 is 1.55 bits per heavy atom. The summed E-state index contributed by atoms with van der Waals surface area (Å²) in [6.07, 6.45) is 3.93. The van der Waals surface area contributed by atoms with Crippen LogP contribution in [0.5, 0.6) is 0 Å². The molecule has 0 spiro atoms. The number of nitrogens with one attached hydrogen (secondary N) is 1. The molecule has 106 valence electrons. The number of aromatic nitrogens is 2. The summed E-state index contributed by atoms with van der Waals surface area (Å²) < 4.78 is 2.00. The molecule has 5 nitrogen and oxygen atoms in total. The van der Waals surface area contributed by atoms with Crippen LogP contribution in [0, 0.1) is 6.92 Å². The third-order valence-electron chi connectivity index (χ3n) is 3.45. The number of hydrogen-bond acceptors (Lipinski definition) is 4. The largest absolute Gasteiger partial charge is 0.350 e. The molecule has 0 aliphatic carbocycles. The molecule has 1 N–H and O–H groups in total. The number of amides is 1. The van der Waals surface area contributed by atoms with Gasteiger partial charge in [-0.3, -0.25) is 14.4 Å². The fraction of sp³-hybridized carbons (Fsp3) is 0.429. The van der Waals surface area contributed by atoms with Crippen molar-refractivity contribution in [3.8, 4) is 0 Å². The van der Waals surface area contributed by atoms with Crippen LogP contribution in [0.4, 0.5) is 0 Å². The average molecular weight is 290 g/mol. The van der Waals surface area contributed by atoms with E-state index in [0.29, 0.717) is 19.1 Å². The molecule has 0 atom stereocenters. The molecule has 2 aromatic heterocycles. The van der Waals surface area contributed by atoms with E-state index in [1.165, 1.54) is 10.4 Å². The van der Waals surface area contributed by atoms with Crippen molar-refractivity contribution >= 4 is 17.2 Å². The van der Waals surface area contributed by atoms with Crippen LogP contribution in [0.25, 0.3) is 0 Å². The topological polar surface area (TPSA) is 50.2 Å². The Bertz CT molecular complexity index is 572. The van der Waals surface area contributed by atoms with Crippen LogP contribution in [0.1, 0.15) is 16.5 Å². The Morgan fingerprint density at radius 2 is 2.40 bits per heavy atom. The van der Waals surface area contributed by atoms with Crippen LogP contribution in [0.15, 0.2) is 29.9 Å². The first-order valence-corrected chi connectivity index (χ1v) is 7.61. The Labute approximate surface area is 122 Å². The summed E-state index contributed by atoms with van der Waals surface area (Å²) in [5.41, 5.74) is 1.18. The van der Waals surface area contributed by atoms with Crippen molar-refractivity contribution in [2.24, 2.45) is 0 Å². The van der Waals surface area contributed by atoms with Crippen molar-refractivity contribution in [2.45, 2.75) is 19.5 Å². The minimum Gasteiger partial charge on any atom is -0.350 e. The van der Waals surface area contributed by atoms with Crippen LogP contribution in [0.3, 0.4) is 0 Å². The highest BCUT2D eigenvalue weighted by Gasteiger charge is 2.29. The van der Waals surface area contributed by atoms with Crippen molar-refractivity contribution < 1.29 is 4.79 Å². The molecule has 3 rings (SSSR count). The fourth-order valence-electron chi connectivity index (χ4n) is 2.33. The number of likely N-dealkylation sites (tertiary alicyclic amines) is 1. The smallest absolute Gasteiger partial charge is 0.234 e. The Balaban J connectivity index is 1.39. The molecule has 3 heterocycles. The van der Waals surface area contributed by atoms with Crippen molar-refractivity contribution in [2.75, 3.05) is 19.6 Å². The molecule has 0 radical (unpaired) electrons. The van der Waals surface area contributed by atoms with E-state index in [2.05, 4.69) is 21.5 Å². The van der Waals surface area contributed by atoms with E-state index in [1.807, 2.05) is 35.3 Å². The van der Waals surface area contributed by atoms with Gasteiger partial charge in [0, 0.05) is 24.2 Å². The quantitative estimate of drug-likeness (QED) is 0.906. The summed E-state index contributed by atoms with van der Waals surface area (Å²) in [4.78, 5) is 15.1. The lowest BCUT2D eigenvalue weighted by Gasteiger charge is -2.38. The fourth-order valence-corrected chi connectivity index (χ4v) is 2.97. The summed E-state index contributed by atoms with van der Waals surface area (Å²) in [7, 11) is 0. The average Bonchev–Trinajstić information content (AvgIpc) is 3.02. The number of carbonyl (C=O) groups excluding carboxylic acids is 1. The van der Waals surface area contributed by atoms with E-state index in [9.17, 15) is 4.79 Å². The second-order valence-electron chi connectivity index (χ2n) is 5.20. The highest BCUT2D eigenvalue weighted by Crippen LogP contribution is 2.20. The molecular weight excluding hydrogens is 272 g/mol. The van der Waals surface area contributed by atoms with Crippen LogP contribution in [-0.4, -0.2) is 40.2 Å². The Kier molecular flexibility index (Phi) is 3.84. The Hall–Kier alpha value is -1.66. The summed E-state index contributed by atoms with van der Waals surface area (Å²) in [5, 5.41) is 9.28. The molecule has 6 heteroatoms. The van der Waals surface area contributed by atoms with Crippen molar-refractivity contribution in [3.05, 3.63) is 40.3 Å². The molecule has 2 aromatic rings. The highest BCUT2D eigenvalue weighted by molar-refractivity contribution is 7.09. The molecular formula is C14H18N4OS. The van der Waals surface area contributed by atoms with Gasteiger partial charge in [0.05, 0.1) is 25.3 Å². The predicted octanol–water partition coefficient (Wildman–Crippen LogP) is 1.43. The zero-order valence-electron chi connectivity index (χ0n) is 11.5. The minimum absolute atomic E-state index is 0.0912. The maximum atomic E-state index is 11.8. The van der Waals surface area contributed by atoms with Gasteiger partial charge in [0.1, 0.15) is 0 Å². The molecule has 1 fully saturated rings. The van der Waals surface area contributed by atoms with Gasteiger partial charge in [-0.1, -0.05) is 6.07 Å². The van der Waals surface area contributed by atoms with Crippen molar-refractivity contribution in [3.63, 3.8) is 0 Å². The minimum atomic E-state index is 0.0912. The number of nitrogens with zero attached hydrogens (tertiary/aromatic N) is 3. The van der Waals surface area contributed by atoms with E-state index < -0.39 is 0 Å². The van der Waals surface area contributed by atoms with Gasteiger partial charge < -0.3 is 5.32 Å². The van der Waals surface area contributed by atoms with Gasteiger partial charge >= 0.3 is 0 Å². The third-order valence-corrected chi connectivity index (χ3v) is 4.33. The van der Waals surface area contributed by atoms with Crippen LogP contribution in [-0.2, 0) is 11.3 Å². The van der Waals surface area contributed by atoms with Gasteiger partial charge in [0.2, 0.25) is 5.91 Å². The van der Waals surface area contributed by atoms with Crippen molar-refractivity contribution in [1.29, 1.82) is 0 Å². The summed E-state index contributed by atoms with van der Waals surface area (Å²) in [5.74, 6) is 0.0912. The second-order valence-corrected chi connectivity index (χ2v) is 6.23. The number of hydrogen-bond donors (Lipinski definition) is 1. The first-order chi connectivity index (χ1) is 9.70. The Morgan fingerprint density at radius 3 is 3.05 bits per heavy atom. The molecule has 20 heavy (non-hydrogen) atoms. The van der Waals surface area contributed by atoms with Gasteiger partial charge in [-0.25, -0.2) is 0 Å². The molecule has 0 unspecified atom stereocenters. The third kappa shape index (κ3) is 3.08. The lowest BCUT2D eigenvalue weighted by Crippen LogP contribution is -2.51. The number of rotatable bonds is 5. The molecule has 1 saturated heterocycles. The lowest BCUT2D eigenvalue weighted by atomic mass is 10.1. The maximum absolute atomic E-state index is 11.8. The normalized spacial score (nSPS) is 16.1. The SMILES string of the molecule is Cc1cnn(C2CN(CC(=O)NCc3cccs3)C2)c1. The summed E-state index contributed by atoms with van der Waals surface area (Å²) in [6.45, 7) is 4.94. The summed E-state index contributed by atoms with van der Waals surface area (Å²) in [6, 6.07) is 4.44. The molecule has 1 aliphatic rings. The zero-order valence-corrected chi connectivity index (χ0v) is 12.3. The van der Waals surface area contributed by atoms with Gasteiger partial charge in [-0.2, -0.15) is 5.10 Å². The van der Waals surface area contributed by atoms with E-state index >= 15 is 0 Å². The first kappa shape index (κ1) is 13.3. The van der Waals surface area contributed by atoms with Crippen molar-refractivity contribution in [1.82, 2.24) is 20.0 Å². The van der Waals surface area contributed by atoms with Crippen LogP contribution < -0.4 is 5.32 Å². The maximum Gasteiger partial charge on any atom is 0.234 e. The standard InChI is InChI=1S/C14H18N4OS/c1-11-5-16-18(7-11)12-8-17(9-12)10-14(19)15-6-13-3-2-4-20-13/h2-5,7,12H,6,8-10H2,1H3,(H,15,19). The highest BCUT2D eigenvalue weighted by atomic mass is 32.1. The number of thiophene rings is 1. The monoisotopic (exact) mass is 290 g/mol. The van der Waals surface area contributed by atoms with E-state index in [-0.39, 0.29) is 5.91 Å². The number of aryl methyl sites for hydroxylation is 1. The van der Waals surface area contributed by atoms with Gasteiger partial charge in [-0.05, 0) is 23.9 Å². The predicted molar refractivity (Wildman–Crippen MR) is 78.6 cm³/mol. The molecule has 0 saturated carbocycles. The van der Waals surface area contributed by atoms with Gasteiger partial charge in [0.15, 0.2) is 0 Å². The van der Waals surface area contributed by atoms with Gasteiger partial charge in [-0.15, -0.1) is 11.3 Å². The lowest BCUT2D eigenvalue weighted by molar-refractivity contribution is -0.123. The van der Waals surface area contributed by atoms with Crippen LogP contribution >= 0.6 is 11.3 Å². The molecule has 0 bridgehead atoms. The molecule has 0 aromatic carbocycles. The van der Waals surface area contributed by atoms with E-state index in [1.54, 1.807) is 11.3 Å². The first-order valence-electron chi connectivity index (χ1n) is 6.73. The zero-order chi connectivity index (χ0) is 13.9. The summed E-state index contributed by atoms with van der Waals surface area (Å²) >= 11 is 1.66. The van der Waals surface area contributed by atoms with Crippen LogP contribution in [0.2, 0.25) is 0 Å². The molecule has 1 amide bonds. The van der Waals surface area contributed by atoms with E-state index in [0.717, 1.165) is 13.1 Å². The molecule has 1 aliphatic heterocycles. The second kappa shape index (κ2) is 5.76. The van der Waals surface area contributed by atoms with Gasteiger partial charge in [0.25, 0.3) is 0 Å². The number of carbonyl (C=O) groups is 1. The van der Waals surface area contributed by atoms with E-state index in [4.69, 9.17) is 0 Å².